The lowest BCUT2D eigenvalue weighted by Crippen LogP contribution is -2.51. The second-order valence-corrected chi connectivity index (χ2v) is 9.18. The number of carboxylic acids is 1. The molecule has 3 aliphatic carbocycles. The number of fused-ring (bicyclic) bond motifs is 3. The number of carbonyl (C=O) groups excluding carboxylic acids is 3. The third kappa shape index (κ3) is 3.32. The van der Waals surface area contributed by atoms with Crippen molar-refractivity contribution in [2.45, 2.75) is 64.9 Å². The molecule has 32 heavy (non-hydrogen) atoms. The minimum Gasteiger partial charge on any atom is -0.481 e. The Balaban J connectivity index is 0.000000367. The molecule has 1 aromatic rings. The normalized spacial score (nSPS) is 31.9. The van der Waals surface area contributed by atoms with Crippen molar-refractivity contribution in [3.8, 4) is 0 Å². The first kappa shape index (κ1) is 23.9. The molecule has 0 bridgehead atoms. The van der Waals surface area contributed by atoms with Crippen LogP contribution in [0.15, 0.2) is 21.8 Å². The molecule has 4 aliphatic rings. The smallest absolute Gasteiger partial charge is 0.342 e. The van der Waals surface area contributed by atoms with Gasteiger partial charge >= 0.3 is 5.97 Å². The first-order valence-electron chi connectivity index (χ1n) is 10.7. The molecule has 0 amide bonds. The Morgan fingerprint density at radius 1 is 1.19 bits per heavy atom. The number of aliphatic carboxylic acids is 1. The Morgan fingerprint density at radius 2 is 1.78 bits per heavy atom. The van der Waals surface area contributed by atoms with Gasteiger partial charge in [-0.25, -0.2) is 4.79 Å². The lowest BCUT2D eigenvalue weighted by molar-refractivity contribution is -0.134. The van der Waals surface area contributed by atoms with Crippen LogP contribution in [0.5, 0.6) is 0 Å². The van der Waals surface area contributed by atoms with Crippen molar-refractivity contribution in [3.05, 3.63) is 34.3 Å². The zero-order chi connectivity index (χ0) is 24.0. The number of carbonyl (C=O) groups is 4. The van der Waals surface area contributed by atoms with Crippen molar-refractivity contribution in [1.82, 2.24) is 0 Å². The Morgan fingerprint density at radius 3 is 2.38 bits per heavy atom. The first-order chi connectivity index (χ1) is 14.9. The topological polar surface area (TPSA) is 120 Å². The number of esters is 1. The number of Topliss-reactive ketones (excluding diaryl/α,β-unsaturated/α-hetero) is 2. The number of allylic oxidation sites excluding steroid dienone is 1. The minimum absolute atomic E-state index is 0.0559. The molecule has 1 N–H and O–H groups in total. The van der Waals surface area contributed by atoms with E-state index in [1.807, 2.05) is 20.8 Å². The molecule has 3 unspecified atom stereocenters. The van der Waals surface area contributed by atoms with Gasteiger partial charge in [-0.05, 0) is 38.7 Å². The maximum Gasteiger partial charge on any atom is 0.342 e. The van der Waals surface area contributed by atoms with Crippen LogP contribution in [0.1, 0.15) is 79.9 Å². The van der Waals surface area contributed by atoms with Crippen LogP contribution in [0, 0.1) is 11.3 Å². The van der Waals surface area contributed by atoms with Crippen molar-refractivity contribution >= 4 is 23.5 Å². The fourth-order valence-corrected chi connectivity index (χ4v) is 5.67. The molecule has 0 aromatic carbocycles. The van der Waals surface area contributed by atoms with E-state index in [0.717, 1.165) is 24.5 Å². The average molecular weight is 446 g/mol. The number of methoxy groups -OCH3 is 1. The van der Waals surface area contributed by atoms with Gasteiger partial charge in [0.05, 0.1) is 5.41 Å². The minimum atomic E-state index is -0.833. The summed E-state index contributed by atoms with van der Waals surface area (Å²) in [4.78, 5) is 47.0. The highest BCUT2D eigenvalue weighted by molar-refractivity contribution is 6.14. The zero-order valence-corrected chi connectivity index (χ0v) is 19.4. The molecule has 0 spiro atoms. The standard InChI is InChI=1S/C20H20O5.C2H4O2.C2H6O/c1-9-20(3)12-6-7-19(2)11(4-5-13(19)21)14(12)16(22)17-15(20)10(8-24-17)18(23)25-9;1-2(3)4;1-3-2/h8-9,11H,4-7H2,1-3H3;1H3,(H,3,4);1-2H3/t9-,11?,19?,20?;;/m1../s1. The summed E-state index contributed by atoms with van der Waals surface area (Å²) in [5.41, 5.74) is 1.85. The quantitative estimate of drug-likeness (QED) is 0.599. The summed E-state index contributed by atoms with van der Waals surface area (Å²) >= 11 is 0. The molecule has 5 rings (SSSR count). The van der Waals surface area contributed by atoms with Crippen molar-refractivity contribution in [1.29, 1.82) is 0 Å². The molecule has 1 aromatic heterocycles. The maximum atomic E-state index is 13.3. The molecule has 0 radical (unpaired) electrons. The van der Waals surface area contributed by atoms with Gasteiger partial charge in [-0.15, -0.1) is 0 Å². The first-order valence-corrected chi connectivity index (χ1v) is 10.7. The van der Waals surface area contributed by atoms with Crippen molar-refractivity contribution in [2.75, 3.05) is 14.2 Å². The molecular weight excluding hydrogens is 416 g/mol. The van der Waals surface area contributed by atoms with E-state index >= 15 is 0 Å². The summed E-state index contributed by atoms with van der Waals surface area (Å²) in [5, 5.41) is 7.42. The van der Waals surface area contributed by atoms with Crippen molar-refractivity contribution in [3.63, 3.8) is 0 Å². The summed E-state index contributed by atoms with van der Waals surface area (Å²) in [5.74, 6) is -0.927. The Kier molecular flexibility index (Phi) is 6.21. The van der Waals surface area contributed by atoms with Gasteiger partial charge < -0.3 is 19.0 Å². The van der Waals surface area contributed by atoms with Gasteiger partial charge in [0, 0.05) is 50.0 Å². The number of carboxylic acid groups (broad SMARTS) is 1. The van der Waals surface area contributed by atoms with Crippen LogP contribution in [0.25, 0.3) is 0 Å². The molecule has 1 aliphatic heterocycles. The highest BCUT2D eigenvalue weighted by Gasteiger charge is 2.60. The molecular formula is C24H30O8. The molecule has 8 heteroatoms. The summed E-state index contributed by atoms with van der Waals surface area (Å²) in [6.45, 7) is 7.01. The highest BCUT2D eigenvalue weighted by atomic mass is 16.5. The summed E-state index contributed by atoms with van der Waals surface area (Å²) in [6, 6.07) is 0. The van der Waals surface area contributed by atoms with Gasteiger partial charge in [0.25, 0.3) is 5.97 Å². The zero-order valence-electron chi connectivity index (χ0n) is 19.4. The molecule has 8 nitrogen and oxygen atoms in total. The molecule has 0 saturated heterocycles. The van der Waals surface area contributed by atoms with Crippen LogP contribution in [-0.2, 0) is 24.5 Å². The van der Waals surface area contributed by atoms with Crippen LogP contribution in [-0.4, -0.2) is 48.9 Å². The van der Waals surface area contributed by atoms with Gasteiger partial charge in [0.1, 0.15) is 23.7 Å². The van der Waals surface area contributed by atoms with E-state index in [0.29, 0.717) is 30.4 Å². The maximum absolute atomic E-state index is 13.3. The van der Waals surface area contributed by atoms with E-state index in [1.165, 1.54) is 6.26 Å². The van der Waals surface area contributed by atoms with Gasteiger partial charge in [0.15, 0.2) is 5.76 Å². The monoisotopic (exact) mass is 446 g/mol. The number of rotatable bonds is 0. The number of cyclic esters (lactones) is 1. The Bertz CT molecular complexity index is 1010. The van der Waals surface area contributed by atoms with Crippen molar-refractivity contribution in [2.24, 2.45) is 11.3 Å². The molecule has 1 saturated carbocycles. The van der Waals surface area contributed by atoms with Crippen LogP contribution in [0.3, 0.4) is 0 Å². The summed E-state index contributed by atoms with van der Waals surface area (Å²) < 4.78 is 15.4. The average Bonchev–Trinajstić information content (AvgIpc) is 3.28. The molecule has 1 fully saturated rings. The van der Waals surface area contributed by atoms with E-state index in [4.69, 9.17) is 19.1 Å². The Labute approximate surface area is 186 Å². The van der Waals surface area contributed by atoms with Gasteiger partial charge in [-0.3, -0.25) is 14.4 Å². The third-order valence-corrected chi connectivity index (χ3v) is 7.34. The number of hydrogen-bond acceptors (Lipinski definition) is 7. The SMILES string of the molecule is CC(=O)O.COC.C[C@H]1OC(=O)c2coc3c2C1(C)C1=C(C3=O)C2CCC(=O)C2(C)CC1. The van der Waals surface area contributed by atoms with Crippen LogP contribution in [0.4, 0.5) is 0 Å². The summed E-state index contributed by atoms with van der Waals surface area (Å²) in [7, 11) is 3.25. The predicted octanol–water partition coefficient (Wildman–Crippen LogP) is 3.72. The molecule has 174 valence electrons. The van der Waals surface area contributed by atoms with Gasteiger partial charge in [-0.2, -0.15) is 0 Å². The Hall–Kier alpha value is -2.74. The van der Waals surface area contributed by atoms with E-state index < -0.39 is 22.8 Å². The molecule has 2 heterocycles. The van der Waals surface area contributed by atoms with Crippen LogP contribution >= 0.6 is 0 Å². The fraction of sp³-hybridized carbons (Fsp3) is 0.583. The van der Waals surface area contributed by atoms with E-state index in [-0.39, 0.29) is 29.3 Å². The third-order valence-electron chi connectivity index (χ3n) is 7.34. The van der Waals surface area contributed by atoms with Gasteiger partial charge in [-0.1, -0.05) is 6.92 Å². The fourth-order valence-electron chi connectivity index (χ4n) is 5.67. The summed E-state index contributed by atoms with van der Waals surface area (Å²) in [6.07, 6.45) is 3.66. The van der Waals surface area contributed by atoms with Crippen molar-refractivity contribution < 1.29 is 38.2 Å². The second-order valence-electron chi connectivity index (χ2n) is 9.18. The molecule has 4 atom stereocenters. The number of hydrogen-bond donors (Lipinski definition) is 1. The number of ketones is 2. The predicted molar refractivity (Wildman–Crippen MR) is 114 cm³/mol. The van der Waals surface area contributed by atoms with Crippen LogP contribution < -0.4 is 0 Å². The second kappa shape index (κ2) is 8.31. The van der Waals surface area contributed by atoms with E-state index in [9.17, 15) is 14.4 Å². The van der Waals surface area contributed by atoms with E-state index in [1.54, 1.807) is 14.2 Å². The largest absolute Gasteiger partial charge is 0.481 e. The lowest BCUT2D eigenvalue weighted by Gasteiger charge is -2.49. The van der Waals surface area contributed by atoms with Gasteiger partial charge in [0.2, 0.25) is 5.78 Å². The van der Waals surface area contributed by atoms with Crippen LogP contribution in [0.2, 0.25) is 0 Å². The number of furan rings is 1. The van der Waals surface area contributed by atoms with E-state index in [2.05, 4.69) is 4.74 Å². The number of ether oxygens (including phenoxy) is 2. The lowest BCUT2D eigenvalue weighted by atomic mass is 9.55. The highest BCUT2D eigenvalue weighted by Crippen LogP contribution is 2.60.